The molecule has 0 saturated heterocycles. The molecule has 1 aromatic rings. The lowest BCUT2D eigenvalue weighted by Gasteiger charge is -2.18. The van der Waals surface area contributed by atoms with Crippen molar-refractivity contribution in [1.29, 1.82) is 0 Å². The monoisotopic (exact) mass is 307 g/mol. The number of nitrogens with zero attached hydrogens (tertiary/aromatic N) is 2. The average molecular weight is 308 g/mol. The van der Waals surface area contributed by atoms with Gasteiger partial charge < -0.3 is 5.11 Å². The van der Waals surface area contributed by atoms with E-state index in [9.17, 15) is 13.2 Å². The molecule has 9 heteroatoms. The molecule has 0 bridgehead atoms. The maximum atomic E-state index is 12.0. The number of nitrogens with one attached hydrogen (secondary N) is 1. The first kappa shape index (κ1) is 15.7. The van der Waals surface area contributed by atoms with Crippen LogP contribution in [0.15, 0.2) is 12.3 Å². The number of rotatable bonds is 6. The Kier molecular flexibility index (Phi) is 5.10. The van der Waals surface area contributed by atoms with Gasteiger partial charge in [-0.15, -0.1) is 0 Å². The van der Waals surface area contributed by atoms with E-state index in [1.807, 2.05) is 0 Å². The van der Waals surface area contributed by atoms with Gasteiger partial charge in [0.25, 0.3) is 0 Å². The van der Waals surface area contributed by atoms with E-state index in [1.54, 1.807) is 13.0 Å². The highest BCUT2D eigenvalue weighted by molar-refractivity contribution is 7.90. The first-order valence-electron chi connectivity index (χ1n) is 5.31. The number of carbonyl (C=O) groups is 1. The zero-order chi connectivity index (χ0) is 14.6. The fourth-order valence-electron chi connectivity index (χ4n) is 1.23. The molecule has 0 aliphatic heterocycles. The molecule has 0 aromatic carbocycles. The number of hydrogen-bond donors (Lipinski definition) is 2. The second kappa shape index (κ2) is 6.18. The van der Waals surface area contributed by atoms with Gasteiger partial charge >= 0.3 is 16.2 Å². The molecule has 106 valence electrons. The first-order valence-corrected chi connectivity index (χ1v) is 7.13. The zero-order valence-corrected chi connectivity index (χ0v) is 12.0. The van der Waals surface area contributed by atoms with Crippen LogP contribution < -0.4 is 4.72 Å². The molecule has 0 unspecified atom stereocenters. The molecule has 2 N–H and O–H groups in total. The number of aliphatic carboxylic acids is 1. The Bertz CT molecular complexity index is 556. The molecule has 1 aromatic heterocycles. The normalized spacial score (nSPS) is 11.6. The van der Waals surface area contributed by atoms with Crippen LogP contribution in [-0.2, 0) is 15.0 Å². The summed E-state index contributed by atoms with van der Waals surface area (Å²) in [5.41, 5.74) is 0.807. The molecule has 7 nitrogen and oxygen atoms in total. The summed E-state index contributed by atoms with van der Waals surface area (Å²) in [6, 6.07) is 1.61. The number of pyridine rings is 1. The van der Waals surface area contributed by atoms with Gasteiger partial charge in [-0.25, -0.2) is 4.98 Å². The van der Waals surface area contributed by atoms with Gasteiger partial charge in [0, 0.05) is 19.8 Å². The maximum Gasteiger partial charge on any atom is 0.304 e. The highest BCUT2D eigenvalue weighted by Gasteiger charge is 2.20. The van der Waals surface area contributed by atoms with Crippen molar-refractivity contribution in [2.24, 2.45) is 0 Å². The van der Waals surface area contributed by atoms with Crippen molar-refractivity contribution in [3.63, 3.8) is 0 Å². The summed E-state index contributed by atoms with van der Waals surface area (Å²) >= 11 is 5.82. The van der Waals surface area contributed by atoms with E-state index in [4.69, 9.17) is 16.7 Å². The molecule has 0 amide bonds. The molecule has 19 heavy (non-hydrogen) atoms. The number of aromatic nitrogens is 1. The van der Waals surface area contributed by atoms with Crippen molar-refractivity contribution in [2.45, 2.75) is 13.3 Å². The Morgan fingerprint density at radius 3 is 2.74 bits per heavy atom. The molecule has 0 aliphatic carbocycles. The summed E-state index contributed by atoms with van der Waals surface area (Å²) in [5.74, 6) is -1.07. The lowest BCUT2D eigenvalue weighted by Crippen LogP contribution is -2.34. The van der Waals surface area contributed by atoms with Gasteiger partial charge in [-0.05, 0) is 18.6 Å². The van der Waals surface area contributed by atoms with Gasteiger partial charge in [0.05, 0.1) is 12.1 Å². The molecule has 0 aliphatic rings. The Morgan fingerprint density at radius 2 is 2.21 bits per heavy atom. The fraction of sp³-hybridized carbons (Fsp3) is 0.400. The maximum absolute atomic E-state index is 12.0. The predicted molar refractivity (Wildman–Crippen MR) is 71.4 cm³/mol. The minimum absolute atomic E-state index is 0.0372. The van der Waals surface area contributed by atoms with E-state index in [-0.39, 0.29) is 23.8 Å². The van der Waals surface area contributed by atoms with Crippen LogP contribution in [0.1, 0.15) is 12.0 Å². The molecular weight excluding hydrogens is 294 g/mol. The number of anilines is 1. The van der Waals surface area contributed by atoms with Crippen LogP contribution in [0.2, 0.25) is 5.15 Å². The molecule has 0 saturated carbocycles. The number of aryl methyl sites for hydroxylation is 1. The number of hydrogen-bond acceptors (Lipinski definition) is 4. The van der Waals surface area contributed by atoms with E-state index < -0.39 is 16.2 Å². The number of halogens is 1. The third kappa shape index (κ3) is 4.34. The molecule has 0 fully saturated rings. The van der Waals surface area contributed by atoms with Crippen LogP contribution in [-0.4, -0.2) is 42.4 Å². The van der Waals surface area contributed by atoms with Gasteiger partial charge in [0.15, 0.2) is 5.15 Å². The number of carboxylic acid groups (broad SMARTS) is 1. The summed E-state index contributed by atoms with van der Waals surface area (Å²) in [4.78, 5) is 14.2. The van der Waals surface area contributed by atoms with E-state index in [2.05, 4.69) is 9.71 Å². The lowest BCUT2D eigenvalue weighted by molar-refractivity contribution is -0.137. The van der Waals surface area contributed by atoms with Crippen LogP contribution in [0, 0.1) is 6.92 Å². The van der Waals surface area contributed by atoms with E-state index in [1.165, 1.54) is 13.2 Å². The van der Waals surface area contributed by atoms with Gasteiger partial charge in [0.1, 0.15) is 0 Å². The molecule has 0 atom stereocenters. The van der Waals surface area contributed by atoms with Gasteiger partial charge in [-0.3, -0.25) is 9.52 Å². The topological polar surface area (TPSA) is 99.6 Å². The first-order chi connectivity index (χ1) is 8.74. The third-order valence-electron chi connectivity index (χ3n) is 2.39. The van der Waals surface area contributed by atoms with Gasteiger partial charge in [-0.1, -0.05) is 11.6 Å². The van der Waals surface area contributed by atoms with E-state index in [0.717, 1.165) is 4.31 Å². The van der Waals surface area contributed by atoms with Crippen LogP contribution in [0.25, 0.3) is 0 Å². The minimum atomic E-state index is -3.86. The summed E-state index contributed by atoms with van der Waals surface area (Å²) in [6.07, 6.45) is 1.18. The van der Waals surface area contributed by atoms with Crippen molar-refractivity contribution in [1.82, 2.24) is 9.29 Å². The molecule has 1 heterocycles. The highest BCUT2D eigenvalue weighted by atomic mass is 35.5. The Morgan fingerprint density at radius 1 is 1.58 bits per heavy atom. The minimum Gasteiger partial charge on any atom is -0.481 e. The van der Waals surface area contributed by atoms with Crippen molar-refractivity contribution in [2.75, 3.05) is 18.3 Å². The predicted octanol–water partition coefficient (Wildman–Crippen LogP) is 1.11. The van der Waals surface area contributed by atoms with Crippen molar-refractivity contribution in [3.8, 4) is 0 Å². The van der Waals surface area contributed by atoms with Crippen LogP contribution in [0.5, 0.6) is 0 Å². The summed E-state index contributed by atoms with van der Waals surface area (Å²) < 4.78 is 27.1. The summed E-state index contributed by atoms with van der Waals surface area (Å²) in [7, 11) is -2.58. The Hall–Kier alpha value is -1.38. The van der Waals surface area contributed by atoms with Crippen LogP contribution in [0.3, 0.4) is 0 Å². The van der Waals surface area contributed by atoms with Gasteiger partial charge in [-0.2, -0.15) is 12.7 Å². The highest BCUT2D eigenvalue weighted by Crippen LogP contribution is 2.24. The van der Waals surface area contributed by atoms with Crippen LogP contribution in [0.4, 0.5) is 5.69 Å². The average Bonchev–Trinajstić information content (AvgIpc) is 2.31. The fourth-order valence-corrected chi connectivity index (χ4v) is 2.54. The molecular formula is C10H14ClN3O4S. The van der Waals surface area contributed by atoms with Gasteiger partial charge in [0.2, 0.25) is 0 Å². The molecule has 0 radical (unpaired) electrons. The standard InChI is InChI=1S/C10H14ClN3O4S/c1-7-3-5-12-10(11)9(7)13-19(17,18)14(2)6-4-8(15)16/h3,5,13H,4,6H2,1-2H3,(H,15,16). The van der Waals surface area contributed by atoms with Crippen molar-refractivity contribution < 1.29 is 18.3 Å². The second-order valence-corrected chi connectivity index (χ2v) is 6.00. The van der Waals surface area contributed by atoms with Crippen molar-refractivity contribution in [3.05, 3.63) is 23.0 Å². The lowest BCUT2D eigenvalue weighted by atomic mass is 10.3. The third-order valence-corrected chi connectivity index (χ3v) is 4.15. The SMILES string of the molecule is Cc1ccnc(Cl)c1NS(=O)(=O)N(C)CCC(=O)O. The molecule has 0 spiro atoms. The second-order valence-electron chi connectivity index (χ2n) is 3.87. The van der Waals surface area contributed by atoms with Crippen LogP contribution >= 0.6 is 11.6 Å². The van der Waals surface area contributed by atoms with E-state index in [0.29, 0.717) is 5.56 Å². The van der Waals surface area contributed by atoms with Crippen molar-refractivity contribution >= 4 is 33.5 Å². The summed E-state index contributed by atoms with van der Waals surface area (Å²) in [6.45, 7) is 1.55. The zero-order valence-electron chi connectivity index (χ0n) is 10.4. The Balaban J connectivity index is 2.88. The quantitative estimate of drug-likeness (QED) is 0.767. The number of carboxylic acids is 1. The van der Waals surface area contributed by atoms with E-state index >= 15 is 0 Å². The molecule has 1 rings (SSSR count). The summed E-state index contributed by atoms with van der Waals surface area (Å²) in [5, 5.41) is 8.57. The largest absolute Gasteiger partial charge is 0.481 e. The Labute approximate surface area is 116 Å². The smallest absolute Gasteiger partial charge is 0.304 e.